The van der Waals surface area contributed by atoms with Crippen LogP contribution in [-0.2, 0) is 0 Å². The van der Waals surface area contributed by atoms with Gasteiger partial charge in [-0.25, -0.2) is 19.2 Å². The van der Waals surface area contributed by atoms with E-state index in [1.165, 1.54) is 0 Å². The molecule has 0 aromatic carbocycles. The Kier molecular flexibility index (Phi) is 61.2. The van der Waals surface area contributed by atoms with E-state index in [2.05, 4.69) is 0 Å². The van der Waals surface area contributed by atoms with E-state index >= 15 is 0 Å². The van der Waals surface area contributed by atoms with Gasteiger partial charge >= 0.3 is 127 Å². The summed E-state index contributed by atoms with van der Waals surface area (Å²) < 4.78 is 0. The zero-order valence-corrected chi connectivity index (χ0v) is 7.21. The third kappa shape index (κ3) is 31000. The zero-order valence-electron chi connectivity index (χ0n) is 7.21. The first-order chi connectivity index (χ1) is 6.93. The first-order valence-electron chi connectivity index (χ1n) is 2.61. The standard InChI is InChI=1S/4CH2O3.2K.2H/c4*2-1(3)4;;;;/h4*(H2,2,3,4);;;;. The van der Waals surface area contributed by atoms with Crippen molar-refractivity contribution in [2.24, 2.45) is 0 Å². The summed E-state index contributed by atoms with van der Waals surface area (Å²) >= 11 is 0. The fourth-order valence-corrected chi connectivity index (χ4v) is 0. The van der Waals surface area contributed by atoms with E-state index in [-0.39, 0.29) is 103 Å². The van der Waals surface area contributed by atoms with E-state index in [4.69, 9.17) is 60.0 Å². The second-order valence-corrected chi connectivity index (χ2v) is 1.13. The summed E-state index contributed by atoms with van der Waals surface area (Å²) in [5, 5.41) is 55.8. The fourth-order valence-electron chi connectivity index (χ4n) is 0. The van der Waals surface area contributed by atoms with E-state index in [1.807, 2.05) is 0 Å². The second kappa shape index (κ2) is 30.4. The Morgan fingerprint density at radius 1 is 0.389 bits per heavy atom. The molecule has 0 aromatic heterocycles. The van der Waals surface area contributed by atoms with Crippen LogP contribution in [0.1, 0.15) is 0 Å². The van der Waals surface area contributed by atoms with Crippen molar-refractivity contribution in [2.45, 2.75) is 0 Å². The van der Waals surface area contributed by atoms with Gasteiger partial charge in [0.05, 0.1) is 0 Å². The summed E-state index contributed by atoms with van der Waals surface area (Å²) in [6, 6.07) is 0. The van der Waals surface area contributed by atoms with Gasteiger partial charge in [-0.2, -0.15) is 0 Å². The van der Waals surface area contributed by atoms with Crippen LogP contribution in [0.5, 0.6) is 0 Å². The molecule has 0 heterocycles. The molecule has 0 rings (SSSR count). The van der Waals surface area contributed by atoms with Crippen LogP contribution < -0.4 is 0 Å². The molecule has 0 unspecified atom stereocenters. The summed E-state index contributed by atoms with van der Waals surface area (Å²) in [5.41, 5.74) is 0. The van der Waals surface area contributed by atoms with Crippen molar-refractivity contribution in [1.29, 1.82) is 0 Å². The monoisotopic (exact) mass is 328 g/mol. The predicted octanol–water partition coefficient (Wildman–Crippen LogP) is -0.407. The average Bonchev–Trinajstić information content (AvgIpc) is 1.76. The van der Waals surface area contributed by atoms with Crippen LogP contribution in [0.4, 0.5) is 19.2 Å². The van der Waals surface area contributed by atoms with Gasteiger partial charge in [0, 0.05) is 0 Å². The summed E-state index contributed by atoms with van der Waals surface area (Å²) in [6.45, 7) is 0. The number of carboxylic acid groups (broad SMARTS) is 8. The van der Waals surface area contributed by atoms with Crippen molar-refractivity contribution in [3.8, 4) is 0 Å². The van der Waals surface area contributed by atoms with Crippen LogP contribution in [0, 0.1) is 0 Å². The molecule has 0 saturated heterocycles. The Hall–Kier alpha value is 0.353. The zero-order chi connectivity index (χ0) is 14.3. The maximum atomic E-state index is 8.56. The molecular weight excluding hydrogens is 318 g/mol. The minimum absolute atomic E-state index is 0. The molecule has 12 nitrogen and oxygen atoms in total. The molecule has 100 valence electrons. The van der Waals surface area contributed by atoms with E-state index in [1.54, 1.807) is 0 Å². The summed E-state index contributed by atoms with van der Waals surface area (Å²) in [7, 11) is 0. The first-order valence-corrected chi connectivity index (χ1v) is 2.61. The quantitative estimate of drug-likeness (QED) is 0.265. The number of hydrogen-bond acceptors (Lipinski definition) is 4. The van der Waals surface area contributed by atoms with Gasteiger partial charge in [-0.05, 0) is 0 Å². The molecular formula is C4H10K2O12. The first kappa shape index (κ1) is 36.2. The van der Waals surface area contributed by atoms with Crippen LogP contribution in [0.3, 0.4) is 0 Å². The Labute approximate surface area is 184 Å². The van der Waals surface area contributed by atoms with Gasteiger partial charge in [0.25, 0.3) is 0 Å². The molecule has 0 amide bonds. The summed E-state index contributed by atoms with van der Waals surface area (Å²) in [6.07, 6.45) is -7.33. The molecule has 0 aliphatic rings. The molecule has 0 bridgehead atoms. The molecule has 0 atom stereocenters. The van der Waals surface area contributed by atoms with Crippen molar-refractivity contribution in [3.05, 3.63) is 0 Å². The number of hydrogen-bond donors (Lipinski definition) is 8. The van der Waals surface area contributed by atoms with Crippen LogP contribution in [0.2, 0.25) is 0 Å². The summed E-state index contributed by atoms with van der Waals surface area (Å²) in [4.78, 5) is 34.2. The topological polar surface area (TPSA) is 230 Å². The molecule has 0 radical (unpaired) electrons. The van der Waals surface area contributed by atoms with Crippen LogP contribution in [-0.4, -0.2) is 168 Å². The Bertz CT molecular complexity index is 162. The third-order valence-corrected chi connectivity index (χ3v) is 0. The SMILES string of the molecule is O=C(O)O.O=C(O)O.O=C(O)O.O=C(O)O.[KH].[KH]. The molecule has 0 spiro atoms. The Balaban J connectivity index is -0.0000000257. The van der Waals surface area contributed by atoms with Gasteiger partial charge < -0.3 is 40.9 Å². The van der Waals surface area contributed by atoms with E-state index < -0.39 is 24.6 Å². The van der Waals surface area contributed by atoms with Crippen molar-refractivity contribution in [2.75, 3.05) is 0 Å². The summed E-state index contributed by atoms with van der Waals surface area (Å²) in [5.74, 6) is 0. The molecule has 14 heteroatoms. The van der Waals surface area contributed by atoms with Gasteiger partial charge in [-0.1, -0.05) is 0 Å². The van der Waals surface area contributed by atoms with Crippen LogP contribution >= 0.6 is 0 Å². The molecule has 0 saturated carbocycles. The predicted molar refractivity (Wildman–Crippen MR) is 56.9 cm³/mol. The van der Waals surface area contributed by atoms with E-state index in [9.17, 15) is 0 Å². The number of rotatable bonds is 0. The normalized spacial score (nSPS) is 5.33. The molecule has 0 fully saturated rings. The van der Waals surface area contributed by atoms with Gasteiger partial charge in [0.2, 0.25) is 0 Å². The fraction of sp³-hybridized carbons (Fsp3) is 0. The minimum atomic E-state index is -1.83. The Morgan fingerprint density at radius 3 is 0.389 bits per heavy atom. The van der Waals surface area contributed by atoms with Gasteiger partial charge in [-0.15, -0.1) is 0 Å². The van der Waals surface area contributed by atoms with Crippen molar-refractivity contribution in [3.63, 3.8) is 0 Å². The molecule has 0 aromatic rings. The molecule has 18 heavy (non-hydrogen) atoms. The molecule has 0 aliphatic heterocycles. The average molecular weight is 328 g/mol. The van der Waals surface area contributed by atoms with E-state index in [0.717, 1.165) is 0 Å². The van der Waals surface area contributed by atoms with Gasteiger partial charge in [0.15, 0.2) is 0 Å². The van der Waals surface area contributed by atoms with Crippen molar-refractivity contribution < 1.29 is 60.0 Å². The Morgan fingerprint density at radius 2 is 0.389 bits per heavy atom. The third-order valence-electron chi connectivity index (χ3n) is 0. The van der Waals surface area contributed by atoms with E-state index in [0.29, 0.717) is 0 Å². The van der Waals surface area contributed by atoms with Gasteiger partial charge in [0.1, 0.15) is 0 Å². The number of carbonyl (C=O) groups is 4. The van der Waals surface area contributed by atoms with Crippen LogP contribution in [0.15, 0.2) is 0 Å². The molecule has 0 aliphatic carbocycles. The van der Waals surface area contributed by atoms with Crippen molar-refractivity contribution in [1.82, 2.24) is 0 Å². The van der Waals surface area contributed by atoms with Gasteiger partial charge in [-0.3, -0.25) is 0 Å². The van der Waals surface area contributed by atoms with Crippen LogP contribution in [0.25, 0.3) is 0 Å². The molecule has 8 N–H and O–H groups in total. The maximum absolute atomic E-state index is 8.56. The van der Waals surface area contributed by atoms with Crippen molar-refractivity contribution >= 4 is 127 Å². The second-order valence-electron chi connectivity index (χ2n) is 1.13.